The highest BCUT2D eigenvalue weighted by Crippen LogP contribution is 2.27. The fourth-order valence-corrected chi connectivity index (χ4v) is 2.49. The van der Waals surface area contributed by atoms with Crippen LogP contribution in [0.25, 0.3) is 0 Å². The lowest BCUT2D eigenvalue weighted by molar-refractivity contribution is -0.376. The van der Waals surface area contributed by atoms with E-state index in [0.29, 0.717) is 0 Å². The van der Waals surface area contributed by atoms with Crippen molar-refractivity contribution < 1.29 is 55.1 Å². The molecule has 0 aromatic heterocycles. The Morgan fingerprint density at radius 2 is 0.913 bits per heavy atom. The van der Waals surface area contributed by atoms with Gasteiger partial charge in [-0.25, -0.2) is 0 Å². The molecule has 0 aromatic carbocycles. The number of aliphatic hydroxyl groups excluding tert-OH is 8. The molecule has 10 atom stereocenters. The molecular formula is C12H22O11. The highest BCUT2D eigenvalue weighted by Gasteiger charge is 2.49. The maximum absolute atomic E-state index is 9.84. The van der Waals surface area contributed by atoms with E-state index in [1.165, 1.54) is 0 Å². The Hall–Kier alpha value is -0.440. The SMILES string of the molecule is OC[C@H]1O[C@@H](O[C@H]2O[C@H](CO)[C@H](O)[C@H](O)[C@H]2O)[C@H](O)[C@@H](O)[C@H]1O. The molecule has 23 heavy (non-hydrogen) atoms. The first-order valence-corrected chi connectivity index (χ1v) is 7.08. The third-order valence-corrected chi connectivity index (χ3v) is 3.97. The van der Waals surface area contributed by atoms with Gasteiger partial charge in [0.1, 0.15) is 48.8 Å². The van der Waals surface area contributed by atoms with Gasteiger partial charge in [0.05, 0.1) is 13.2 Å². The topological polar surface area (TPSA) is 190 Å². The predicted molar refractivity (Wildman–Crippen MR) is 68.6 cm³/mol. The molecule has 0 radical (unpaired) electrons. The number of ether oxygens (including phenoxy) is 3. The van der Waals surface area contributed by atoms with E-state index in [9.17, 15) is 30.6 Å². The molecular weight excluding hydrogens is 320 g/mol. The van der Waals surface area contributed by atoms with E-state index in [-0.39, 0.29) is 0 Å². The van der Waals surface area contributed by atoms with Crippen molar-refractivity contribution in [2.75, 3.05) is 13.2 Å². The molecule has 2 fully saturated rings. The molecule has 0 spiro atoms. The quantitative estimate of drug-likeness (QED) is 0.243. The fraction of sp³-hybridized carbons (Fsp3) is 1.00. The van der Waals surface area contributed by atoms with Gasteiger partial charge in [-0.05, 0) is 0 Å². The van der Waals surface area contributed by atoms with Gasteiger partial charge >= 0.3 is 0 Å². The average Bonchev–Trinajstić information content (AvgIpc) is 2.55. The van der Waals surface area contributed by atoms with Crippen LogP contribution >= 0.6 is 0 Å². The van der Waals surface area contributed by atoms with E-state index in [1.807, 2.05) is 0 Å². The Kier molecular flexibility index (Phi) is 6.27. The molecule has 11 heteroatoms. The Morgan fingerprint density at radius 3 is 1.22 bits per heavy atom. The molecule has 136 valence electrons. The number of hydrogen-bond acceptors (Lipinski definition) is 11. The van der Waals surface area contributed by atoms with Crippen molar-refractivity contribution in [3.63, 3.8) is 0 Å². The molecule has 11 nitrogen and oxygen atoms in total. The third kappa shape index (κ3) is 3.65. The second-order valence-corrected chi connectivity index (χ2v) is 5.53. The maximum Gasteiger partial charge on any atom is 0.189 e. The standard InChI is InChI=1S/C12H22O11/c13-1-3-5(15)7(17)9(19)11(21-3)23-12-10(20)8(18)6(16)4(2-14)22-12/h3-20H,1-2H2/t3-,4-,5+,6+,7+,8+,9-,10-,11-,12+/m1/s1. The number of rotatable bonds is 4. The molecule has 2 aliphatic heterocycles. The second kappa shape index (κ2) is 7.63. The van der Waals surface area contributed by atoms with E-state index in [4.69, 9.17) is 24.4 Å². The van der Waals surface area contributed by atoms with Crippen molar-refractivity contribution in [3.05, 3.63) is 0 Å². The van der Waals surface area contributed by atoms with Crippen molar-refractivity contribution in [3.8, 4) is 0 Å². The van der Waals surface area contributed by atoms with Gasteiger partial charge in [0.2, 0.25) is 0 Å². The van der Waals surface area contributed by atoms with Gasteiger partial charge in [-0.2, -0.15) is 0 Å². The Bertz CT molecular complexity index is 344. The molecule has 2 heterocycles. The van der Waals surface area contributed by atoms with E-state index >= 15 is 0 Å². The summed E-state index contributed by atoms with van der Waals surface area (Å²) < 4.78 is 15.3. The lowest BCUT2D eigenvalue weighted by Gasteiger charge is -2.44. The van der Waals surface area contributed by atoms with Gasteiger partial charge in [-0.3, -0.25) is 0 Å². The lowest BCUT2D eigenvalue weighted by atomic mass is 9.98. The van der Waals surface area contributed by atoms with Crippen molar-refractivity contribution in [2.24, 2.45) is 0 Å². The smallest absolute Gasteiger partial charge is 0.189 e. The van der Waals surface area contributed by atoms with Crippen LogP contribution in [-0.2, 0) is 14.2 Å². The molecule has 0 aliphatic carbocycles. The summed E-state index contributed by atoms with van der Waals surface area (Å²) >= 11 is 0. The number of hydrogen-bond donors (Lipinski definition) is 8. The molecule has 2 aliphatic rings. The van der Waals surface area contributed by atoms with Gasteiger partial charge in [0.15, 0.2) is 12.6 Å². The van der Waals surface area contributed by atoms with Crippen molar-refractivity contribution in [1.29, 1.82) is 0 Å². The largest absolute Gasteiger partial charge is 0.394 e. The zero-order valence-corrected chi connectivity index (χ0v) is 12.0. The normalized spacial score (nSPS) is 51.7. The van der Waals surface area contributed by atoms with Crippen LogP contribution in [0, 0.1) is 0 Å². The van der Waals surface area contributed by atoms with E-state index in [2.05, 4.69) is 0 Å². The summed E-state index contributed by atoms with van der Waals surface area (Å²) in [5.41, 5.74) is 0. The minimum atomic E-state index is -1.72. The molecule has 0 saturated carbocycles. The van der Waals surface area contributed by atoms with E-state index in [0.717, 1.165) is 0 Å². The van der Waals surface area contributed by atoms with E-state index in [1.54, 1.807) is 0 Å². The average molecular weight is 342 g/mol. The highest BCUT2D eigenvalue weighted by atomic mass is 16.8. The first kappa shape index (κ1) is 18.9. The molecule has 0 amide bonds. The summed E-state index contributed by atoms with van der Waals surface area (Å²) in [6.45, 7) is -1.33. The Labute approximate surface area is 130 Å². The van der Waals surface area contributed by atoms with Crippen LogP contribution in [0.1, 0.15) is 0 Å². The molecule has 0 aromatic rings. The second-order valence-electron chi connectivity index (χ2n) is 5.53. The molecule has 0 bridgehead atoms. The van der Waals surface area contributed by atoms with Crippen LogP contribution in [0.2, 0.25) is 0 Å². The molecule has 0 unspecified atom stereocenters. The van der Waals surface area contributed by atoms with Crippen LogP contribution in [0.3, 0.4) is 0 Å². The van der Waals surface area contributed by atoms with Gasteiger partial charge in [0.25, 0.3) is 0 Å². The zero-order valence-electron chi connectivity index (χ0n) is 12.0. The Balaban J connectivity index is 2.07. The summed E-state index contributed by atoms with van der Waals surface area (Å²) in [6.07, 6.45) is -15.6. The summed E-state index contributed by atoms with van der Waals surface area (Å²) in [5.74, 6) is 0. The van der Waals surface area contributed by atoms with Crippen molar-refractivity contribution in [1.82, 2.24) is 0 Å². The summed E-state index contributed by atoms with van der Waals surface area (Å²) in [4.78, 5) is 0. The van der Waals surface area contributed by atoms with Crippen LogP contribution in [0.5, 0.6) is 0 Å². The van der Waals surface area contributed by atoms with Crippen LogP contribution in [-0.4, -0.2) is 115 Å². The maximum atomic E-state index is 9.84. The molecule has 8 N–H and O–H groups in total. The van der Waals surface area contributed by atoms with Crippen molar-refractivity contribution in [2.45, 2.75) is 61.4 Å². The zero-order chi connectivity index (χ0) is 17.3. The van der Waals surface area contributed by atoms with Crippen molar-refractivity contribution >= 4 is 0 Å². The van der Waals surface area contributed by atoms with E-state index < -0.39 is 74.6 Å². The van der Waals surface area contributed by atoms with Gasteiger partial charge in [-0.1, -0.05) is 0 Å². The lowest BCUT2D eigenvalue weighted by Crippen LogP contribution is -2.63. The first-order chi connectivity index (χ1) is 10.8. The third-order valence-electron chi connectivity index (χ3n) is 3.97. The van der Waals surface area contributed by atoms with Gasteiger partial charge in [-0.15, -0.1) is 0 Å². The van der Waals surface area contributed by atoms with Crippen LogP contribution in [0.15, 0.2) is 0 Å². The fourth-order valence-electron chi connectivity index (χ4n) is 2.49. The first-order valence-electron chi connectivity index (χ1n) is 7.08. The number of aliphatic hydroxyl groups is 8. The van der Waals surface area contributed by atoms with Crippen LogP contribution < -0.4 is 0 Å². The summed E-state index contributed by atoms with van der Waals surface area (Å²) in [5, 5.41) is 76.4. The monoisotopic (exact) mass is 342 g/mol. The molecule has 2 saturated heterocycles. The highest BCUT2D eigenvalue weighted by molar-refractivity contribution is 4.92. The van der Waals surface area contributed by atoms with Gasteiger partial charge in [0, 0.05) is 0 Å². The van der Waals surface area contributed by atoms with Gasteiger partial charge < -0.3 is 55.1 Å². The molecule has 2 rings (SSSR count). The Morgan fingerprint density at radius 1 is 0.565 bits per heavy atom. The predicted octanol–water partition coefficient (Wildman–Crippen LogP) is -5.40. The minimum Gasteiger partial charge on any atom is -0.394 e. The minimum absolute atomic E-state index is 0.667. The summed E-state index contributed by atoms with van der Waals surface area (Å²) in [7, 11) is 0. The summed E-state index contributed by atoms with van der Waals surface area (Å²) in [6, 6.07) is 0. The van der Waals surface area contributed by atoms with Crippen LogP contribution in [0.4, 0.5) is 0 Å².